The van der Waals surface area contributed by atoms with Gasteiger partial charge in [0.2, 0.25) is 5.91 Å². The Labute approximate surface area is 142 Å². The van der Waals surface area contributed by atoms with Crippen LogP contribution in [0.4, 0.5) is 16.2 Å². The van der Waals surface area contributed by atoms with Gasteiger partial charge in [-0.25, -0.2) is 4.79 Å². The lowest BCUT2D eigenvalue weighted by Gasteiger charge is -2.32. The van der Waals surface area contributed by atoms with Gasteiger partial charge in [0.15, 0.2) is 0 Å². The predicted octanol–water partition coefficient (Wildman–Crippen LogP) is 2.76. The second-order valence-corrected chi connectivity index (χ2v) is 6.53. The third-order valence-electron chi connectivity index (χ3n) is 4.82. The zero-order valence-electron chi connectivity index (χ0n) is 14.4. The number of urea groups is 1. The molecule has 6 nitrogen and oxygen atoms in total. The van der Waals surface area contributed by atoms with Crippen molar-refractivity contribution in [3.63, 3.8) is 0 Å². The number of methoxy groups -OCH3 is 1. The van der Waals surface area contributed by atoms with Gasteiger partial charge in [-0.05, 0) is 43.9 Å². The van der Waals surface area contributed by atoms with Gasteiger partial charge in [0.25, 0.3) is 0 Å². The zero-order valence-corrected chi connectivity index (χ0v) is 14.4. The molecule has 2 saturated heterocycles. The molecule has 2 heterocycles. The van der Waals surface area contributed by atoms with Crippen LogP contribution in [0.2, 0.25) is 0 Å². The summed E-state index contributed by atoms with van der Waals surface area (Å²) in [7, 11) is 1.69. The zero-order chi connectivity index (χ0) is 17.1. The van der Waals surface area contributed by atoms with E-state index < -0.39 is 0 Å². The highest BCUT2D eigenvalue weighted by Gasteiger charge is 2.25. The summed E-state index contributed by atoms with van der Waals surface area (Å²) in [6, 6.07) is 5.62. The fourth-order valence-electron chi connectivity index (χ4n) is 3.40. The summed E-state index contributed by atoms with van der Waals surface area (Å²) in [6.45, 7) is 4.10. The predicted molar refractivity (Wildman–Crippen MR) is 93.4 cm³/mol. The summed E-state index contributed by atoms with van der Waals surface area (Å²) in [6.07, 6.45) is 3.54. The maximum Gasteiger partial charge on any atom is 0.321 e. The van der Waals surface area contributed by atoms with E-state index in [9.17, 15) is 9.59 Å². The minimum atomic E-state index is -0.112. The summed E-state index contributed by atoms with van der Waals surface area (Å²) >= 11 is 0. The van der Waals surface area contributed by atoms with Gasteiger partial charge >= 0.3 is 6.03 Å². The van der Waals surface area contributed by atoms with E-state index in [-0.39, 0.29) is 18.0 Å². The van der Waals surface area contributed by atoms with Gasteiger partial charge in [0, 0.05) is 44.5 Å². The quantitative estimate of drug-likeness (QED) is 0.926. The Morgan fingerprint density at radius 3 is 2.83 bits per heavy atom. The Balaban J connectivity index is 1.71. The Morgan fingerprint density at radius 2 is 2.12 bits per heavy atom. The van der Waals surface area contributed by atoms with E-state index in [2.05, 4.69) is 5.32 Å². The molecule has 0 spiro atoms. The molecule has 3 rings (SSSR count). The number of hydrogen-bond donors (Lipinski definition) is 1. The number of benzene rings is 1. The summed E-state index contributed by atoms with van der Waals surface area (Å²) in [5.41, 5.74) is 2.66. The van der Waals surface area contributed by atoms with Crippen molar-refractivity contribution in [2.24, 2.45) is 0 Å². The van der Waals surface area contributed by atoms with Crippen molar-refractivity contribution in [2.45, 2.75) is 38.7 Å². The molecule has 0 unspecified atom stereocenters. The highest BCUT2D eigenvalue weighted by atomic mass is 16.5. The topological polar surface area (TPSA) is 61.9 Å². The second kappa shape index (κ2) is 7.21. The molecule has 1 aromatic carbocycles. The van der Waals surface area contributed by atoms with Crippen molar-refractivity contribution >= 4 is 23.3 Å². The third-order valence-corrected chi connectivity index (χ3v) is 4.82. The van der Waals surface area contributed by atoms with Crippen LogP contribution >= 0.6 is 0 Å². The first-order valence-corrected chi connectivity index (χ1v) is 8.58. The van der Waals surface area contributed by atoms with Crippen molar-refractivity contribution in [3.05, 3.63) is 23.8 Å². The van der Waals surface area contributed by atoms with Crippen LogP contribution in [0.5, 0.6) is 0 Å². The molecule has 0 aromatic heterocycles. The molecule has 2 aliphatic heterocycles. The standard InChI is InChI=1S/C18H25N3O3/c1-13-7-8-14(11-16(13)21-10-4-6-17(21)22)19-18(23)20-9-3-5-15(12-20)24-2/h7-8,11,15H,3-6,9-10,12H2,1-2H3,(H,19,23)/t15-/m1/s1. The summed E-state index contributed by atoms with van der Waals surface area (Å²) < 4.78 is 5.37. The van der Waals surface area contributed by atoms with Gasteiger partial charge in [-0.15, -0.1) is 0 Å². The minimum Gasteiger partial charge on any atom is -0.380 e. The lowest BCUT2D eigenvalue weighted by molar-refractivity contribution is -0.117. The Kier molecular flexibility index (Phi) is 5.04. The number of carbonyl (C=O) groups excluding carboxylic acids is 2. The normalized spacial score (nSPS) is 21.2. The number of amides is 3. The average Bonchev–Trinajstić information content (AvgIpc) is 3.02. The molecule has 0 radical (unpaired) electrons. The van der Waals surface area contributed by atoms with Gasteiger partial charge in [0.05, 0.1) is 6.10 Å². The van der Waals surface area contributed by atoms with Crippen LogP contribution in [-0.2, 0) is 9.53 Å². The number of hydrogen-bond acceptors (Lipinski definition) is 3. The first kappa shape index (κ1) is 16.8. The van der Waals surface area contributed by atoms with Gasteiger partial charge < -0.3 is 19.9 Å². The minimum absolute atomic E-state index is 0.111. The van der Waals surface area contributed by atoms with E-state index in [1.807, 2.05) is 30.0 Å². The van der Waals surface area contributed by atoms with Crippen molar-refractivity contribution in [1.82, 2.24) is 4.90 Å². The first-order valence-electron chi connectivity index (χ1n) is 8.58. The number of likely N-dealkylation sites (tertiary alicyclic amines) is 1. The molecular weight excluding hydrogens is 306 g/mol. The summed E-state index contributed by atoms with van der Waals surface area (Å²) in [5.74, 6) is 0.153. The first-order chi connectivity index (χ1) is 11.6. The van der Waals surface area contributed by atoms with E-state index >= 15 is 0 Å². The van der Waals surface area contributed by atoms with E-state index in [4.69, 9.17) is 4.74 Å². The maximum atomic E-state index is 12.5. The number of rotatable bonds is 3. The fraction of sp³-hybridized carbons (Fsp3) is 0.556. The molecule has 3 amide bonds. The van der Waals surface area contributed by atoms with E-state index in [1.165, 1.54) is 0 Å². The molecule has 2 fully saturated rings. The van der Waals surface area contributed by atoms with Crippen LogP contribution in [-0.4, -0.2) is 49.7 Å². The van der Waals surface area contributed by atoms with Crippen LogP contribution in [0.25, 0.3) is 0 Å². The van der Waals surface area contributed by atoms with Gasteiger partial charge in [-0.1, -0.05) is 6.07 Å². The molecule has 2 aliphatic rings. The monoisotopic (exact) mass is 331 g/mol. The number of nitrogens with zero attached hydrogens (tertiary/aromatic N) is 2. The molecule has 0 bridgehead atoms. The van der Waals surface area contributed by atoms with E-state index in [0.29, 0.717) is 13.0 Å². The van der Waals surface area contributed by atoms with Gasteiger partial charge in [-0.3, -0.25) is 4.79 Å². The molecule has 6 heteroatoms. The highest BCUT2D eigenvalue weighted by molar-refractivity contribution is 5.97. The molecule has 1 aromatic rings. The molecule has 1 N–H and O–H groups in total. The molecule has 0 aliphatic carbocycles. The Hall–Kier alpha value is -2.08. The van der Waals surface area contributed by atoms with Gasteiger partial charge in [-0.2, -0.15) is 0 Å². The Morgan fingerprint density at radius 1 is 1.29 bits per heavy atom. The third kappa shape index (κ3) is 3.53. The number of anilines is 2. The van der Waals surface area contributed by atoms with Crippen molar-refractivity contribution in [3.8, 4) is 0 Å². The average molecular weight is 331 g/mol. The SMILES string of the molecule is CO[C@@H]1CCCN(C(=O)Nc2ccc(C)c(N3CCCC3=O)c2)C1. The van der Waals surface area contributed by atoms with Crippen LogP contribution in [0, 0.1) is 6.92 Å². The number of piperidine rings is 1. The fourth-order valence-corrected chi connectivity index (χ4v) is 3.40. The summed E-state index contributed by atoms with van der Waals surface area (Å²) in [5, 5.41) is 2.96. The highest BCUT2D eigenvalue weighted by Crippen LogP contribution is 2.28. The number of aryl methyl sites for hydroxylation is 1. The maximum absolute atomic E-state index is 12.5. The summed E-state index contributed by atoms with van der Waals surface area (Å²) in [4.78, 5) is 28.1. The van der Waals surface area contributed by atoms with Crippen LogP contribution in [0.3, 0.4) is 0 Å². The van der Waals surface area contributed by atoms with Crippen LogP contribution < -0.4 is 10.2 Å². The van der Waals surface area contributed by atoms with E-state index in [0.717, 1.165) is 49.3 Å². The van der Waals surface area contributed by atoms with Crippen molar-refractivity contribution < 1.29 is 14.3 Å². The lowest BCUT2D eigenvalue weighted by Crippen LogP contribution is -2.44. The van der Waals surface area contributed by atoms with Crippen LogP contribution in [0.15, 0.2) is 18.2 Å². The van der Waals surface area contributed by atoms with E-state index in [1.54, 1.807) is 12.0 Å². The number of carbonyl (C=O) groups is 2. The molecular formula is C18H25N3O3. The lowest BCUT2D eigenvalue weighted by atomic mass is 10.1. The number of nitrogens with one attached hydrogen (secondary N) is 1. The van der Waals surface area contributed by atoms with Crippen molar-refractivity contribution in [2.75, 3.05) is 37.0 Å². The van der Waals surface area contributed by atoms with Crippen LogP contribution in [0.1, 0.15) is 31.2 Å². The largest absolute Gasteiger partial charge is 0.380 e. The van der Waals surface area contributed by atoms with Gasteiger partial charge in [0.1, 0.15) is 0 Å². The molecule has 0 saturated carbocycles. The molecule has 24 heavy (non-hydrogen) atoms. The Bertz CT molecular complexity index is 632. The molecule has 1 atom stereocenters. The number of ether oxygens (including phenoxy) is 1. The molecule has 130 valence electrons. The van der Waals surface area contributed by atoms with Crippen molar-refractivity contribution in [1.29, 1.82) is 0 Å². The smallest absolute Gasteiger partial charge is 0.321 e. The second-order valence-electron chi connectivity index (χ2n) is 6.53.